The summed E-state index contributed by atoms with van der Waals surface area (Å²) in [6, 6.07) is 8.71. The molecule has 2 heterocycles. The van der Waals surface area contributed by atoms with E-state index in [1.165, 1.54) is 6.92 Å². The first-order chi connectivity index (χ1) is 17.6. The third-order valence-corrected chi connectivity index (χ3v) is 6.57. The van der Waals surface area contributed by atoms with Crippen LogP contribution < -0.4 is 11.2 Å². The molecule has 0 aliphatic carbocycles. The van der Waals surface area contributed by atoms with Gasteiger partial charge in [-0.2, -0.15) is 16.8 Å². The summed E-state index contributed by atoms with van der Waals surface area (Å²) in [6.45, 7) is 0.740. The van der Waals surface area contributed by atoms with Crippen molar-refractivity contribution >= 4 is 26.2 Å². The topological polar surface area (TPSA) is 186 Å². The van der Waals surface area contributed by atoms with Gasteiger partial charge in [0.05, 0.1) is 19.1 Å². The summed E-state index contributed by atoms with van der Waals surface area (Å²) in [6.07, 6.45) is -1.67. The van der Waals surface area contributed by atoms with Gasteiger partial charge in [-0.3, -0.25) is 27.5 Å². The molecule has 0 spiro atoms. The fraction of sp³-hybridized carbons (Fsp3) is 0.500. The number of aromatic amines is 1. The summed E-state index contributed by atoms with van der Waals surface area (Å²) in [4.78, 5) is 38.9. The van der Waals surface area contributed by atoms with Crippen LogP contribution in [0.2, 0.25) is 0 Å². The lowest BCUT2D eigenvalue weighted by atomic mass is 9.96. The number of rotatable bonds is 11. The predicted octanol–water partition coefficient (Wildman–Crippen LogP) is -0.418. The van der Waals surface area contributed by atoms with E-state index < -0.39 is 74.7 Å². The highest BCUT2D eigenvalue weighted by molar-refractivity contribution is 7.86. The van der Waals surface area contributed by atoms with Gasteiger partial charge in [0.15, 0.2) is 17.9 Å². The molecular weight excluding hydrogens is 548 g/mol. The first-order valence-electron chi connectivity index (χ1n) is 11.1. The summed E-state index contributed by atoms with van der Waals surface area (Å²) in [5.41, 5.74) is -2.87. The van der Waals surface area contributed by atoms with Crippen molar-refractivity contribution in [2.24, 2.45) is 0 Å². The van der Waals surface area contributed by atoms with Crippen molar-refractivity contribution in [3.05, 3.63) is 68.5 Å². The Labute approximate surface area is 218 Å². The van der Waals surface area contributed by atoms with Crippen LogP contribution in [0.15, 0.2) is 46.1 Å². The molecule has 38 heavy (non-hydrogen) atoms. The van der Waals surface area contributed by atoms with E-state index in [1.54, 1.807) is 30.3 Å². The number of benzene rings is 1. The summed E-state index contributed by atoms with van der Waals surface area (Å²) in [5, 5.41) is 0. The molecule has 0 saturated carbocycles. The number of hydrogen-bond donors (Lipinski definition) is 1. The molecule has 0 amide bonds. The van der Waals surface area contributed by atoms with E-state index in [0.717, 1.165) is 30.2 Å². The number of nitrogens with one attached hydrogen (secondary N) is 1. The third kappa shape index (κ3) is 7.58. The van der Waals surface area contributed by atoms with E-state index in [0.29, 0.717) is 5.56 Å². The van der Waals surface area contributed by atoms with Gasteiger partial charge in [-0.1, -0.05) is 30.3 Å². The number of carbonyl (C=O) groups excluding carboxylic acids is 1. The molecule has 1 N–H and O–H groups in total. The first kappa shape index (κ1) is 29.7. The van der Waals surface area contributed by atoms with E-state index in [2.05, 4.69) is 4.98 Å². The Morgan fingerprint density at radius 1 is 1.05 bits per heavy atom. The number of aryl methyl sites for hydroxylation is 1. The van der Waals surface area contributed by atoms with Gasteiger partial charge in [0.2, 0.25) is 0 Å². The molecule has 1 aliphatic heterocycles. The Balaban J connectivity index is 2.18. The standard InChI is InChI=1S/C22H28N2O12S2/c1-14-10-24(21(27)23-19(14)26)20-17(35-15(2)25)18(32-11-16-8-6-5-7-9-16)22(36-20,12-33-37(3,28)29)13-34-38(4,30)31/h5-10,17-18,20H,11-13H2,1-4H3,(H,23,26,27)/t17-,18+,20?/m1/s1. The van der Waals surface area contributed by atoms with E-state index in [-0.39, 0.29) is 12.2 Å². The first-order valence-corrected chi connectivity index (χ1v) is 14.7. The lowest BCUT2D eigenvalue weighted by molar-refractivity contribution is -0.159. The maximum atomic E-state index is 12.7. The summed E-state index contributed by atoms with van der Waals surface area (Å²) in [7, 11) is -8.20. The lowest BCUT2D eigenvalue weighted by Crippen LogP contribution is -2.53. The monoisotopic (exact) mass is 576 g/mol. The molecule has 16 heteroatoms. The molecule has 1 unspecified atom stereocenters. The molecule has 0 radical (unpaired) electrons. The van der Waals surface area contributed by atoms with Crippen molar-refractivity contribution in [3.63, 3.8) is 0 Å². The molecule has 14 nitrogen and oxygen atoms in total. The van der Waals surface area contributed by atoms with Gasteiger partial charge in [0, 0.05) is 18.7 Å². The molecule has 2 aromatic rings. The van der Waals surface area contributed by atoms with Crippen LogP contribution in [0.5, 0.6) is 0 Å². The molecule has 1 aromatic heterocycles. The minimum absolute atomic E-state index is 0.105. The number of hydrogen-bond acceptors (Lipinski definition) is 12. The second kappa shape index (κ2) is 11.5. The van der Waals surface area contributed by atoms with Crippen LogP contribution in [0.3, 0.4) is 0 Å². The van der Waals surface area contributed by atoms with Crippen molar-refractivity contribution in [1.29, 1.82) is 0 Å². The lowest BCUT2D eigenvalue weighted by Gasteiger charge is -2.33. The molecule has 210 valence electrons. The molecule has 1 aliphatic rings. The van der Waals surface area contributed by atoms with Crippen LogP contribution in [-0.2, 0) is 54.2 Å². The van der Waals surface area contributed by atoms with E-state index >= 15 is 0 Å². The zero-order valence-corrected chi connectivity index (χ0v) is 22.6. The van der Waals surface area contributed by atoms with Gasteiger partial charge in [0.1, 0.15) is 19.3 Å². The number of ether oxygens (including phenoxy) is 3. The molecular formula is C22H28N2O12S2. The van der Waals surface area contributed by atoms with Crippen molar-refractivity contribution in [1.82, 2.24) is 9.55 Å². The zero-order chi connectivity index (χ0) is 28.3. The van der Waals surface area contributed by atoms with Gasteiger partial charge in [-0.05, 0) is 12.5 Å². The van der Waals surface area contributed by atoms with Gasteiger partial charge >= 0.3 is 11.7 Å². The minimum atomic E-state index is -4.10. The van der Waals surface area contributed by atoms with Crippen molar-refractivity contribution in [2.45, 2.75) is 44.5 Å². The van der Waals surface area contributed by atoms with Gasteiger partial charge < -0.3 is 14.2 Å². The van der Waals surface area contributed by atoms with Crippen LogP contribution in [0.4, 0.5) is 0 Å². The smallest absolute Gasteiger partial charge is 0.330 e. The van der Waals surface area contributed by atoms with E-state index in [1.807, 2.05) is 0 Å². The van der Waals surface area contributed by atoms with Gasteiger partial charge in [-0.25, -0.2) is 4.79 Å². The largest absolute Gasteiger partial charge is 0.455 e. The van der Waals surface area contributed by atoms with E-state index in [4.69, 9.17) is 22.6 Å². The highest BCUT2D eigenvalue weighted by Crippen LogP contribution is 2.42. The average molecular weight is 577 g/mol. The van der Waals surface area contributed by atoms with Crippen molar-refractivity contribution in [2.75, 3.05) is 25.7 Å². The fourth-order valence-electron chi connectivity index (χ4n) is 3.82. The van der Waals surface area contributed by atoms with Crippen molar-refractivity contribution in [3.8, 4) is 0 Å². The Bertz CT molecular complexity index is 1450. The molecule has 0 bridgehead atoms. The van der Waals surface area contributed by atoms with E-state index in [9.17, 15) is 31.2 Å². The highest BCUT2D eigenvalue weighted by Gasteiger charge is 2.60. The number of H-pyrrole nitrogens is 1. The van der Waals surface area contributed by atoms with Crippen LogP contribution in [0, 0.1) is 6.92 Å². The Morgan fingerprint density at radius 3 is 2.16 bits per heavy atom. The predicted molar refractivity (Wildman–Crippen MR) is 131 cm³/mol. The normalized spacial score (nSPS) is 21.3. The Morgan fingerprint density at radius 2 is 1.63 bits per heavy atom. The number of esters is 1. The average Bonchev–Trinajstić information content (AvgIpc) is 3.10. The van der Waals surface area contributed by atoms with Crippen LogP contribution in [0.1, 0.15) is 24.3 Å². The SMILES string of the molecule is CC(=O)O[C@H]1C(n2cc(C)c(=O)[nH]c2=O)OC(COS(C)(=O)=O)(COS(C)(=O)=O)[C@H]1OCc1ccccc1. The van der Waals surface area contributed by atoms with Crippen LogP contribution in [0.25, 0.3) is 0 Å². The van der Waals surface area contributed by atoms with Gasteiger partial charge in [0.25, 0.3) is 25.8 Å². The van der Waals surface area contributed by atoms with Crippen molar-refractivity contribution < 1.29 is 44.2 Å². The summed E-state index contributed by atoms with van der Waals surface area (Å²) in [5.74, 6) is -0.810. The molecule has 1 aromatic carbocycles. The van der Waals surface area contributed by atoms with Crippen LogP contribution >= 0.6 is 0 Å². The Kier molecular flexibility index (Phi) is 8.95. The highest BCUT2D eigenvalue weighted by atomic mass is 32.2. The second-order valence-corrected chi connectivity index (χ2v) is 12.1. The number of nitrogens with zero attached hydrogens (tertiary/aromatic N) is 1. The maximum absolute atomic E-state index is 12.7. The van der Waals surface area contributed by atoms with Gasteiger partial charge in [-0.15, -0.1) is 0 Å². The third-order valence-electron chi connectivity index (χ3n) is 5.48. The fourth-order valence-corrected chi connectivity index (χ4v) is 4.65. The summed E-state index contributed by atoms with van der Waals surface area (Å²) < 4.78 is 76.1. The molecule has 1 fully saturated rings. The quantitative estimate of drug-likeness (QED) is 0.269. The molecule has 1 saturated heterocycles. The number of aromatic nitrogens is 2. The molecule has 3 rings (SSSR count). The van der Waals surface area contributed by atoms with Crippen LogP contribution in [-0.4, -0.2) is 75.9 Å². The minimum Gasteiger partial charge on any atom is -0.455 e. The Hall–Kier alpha value is -2.89. The number of carbonyl (C=O) groups is 1. The molecule has 3 atom stereocenters. The summed E-state index contributed by atoms with van der Waals surface area (Å²) >= 11 is 0. The maximum Gasteiger partial charge on any atom is 0.330 e. The zero-order valence-electron chi connectivity index (χ0n) is 21.0. The second-order valence-electron chi connectivity index (χ2n) is 8.78.